The van der Waals surface area contributed by atoms with Crippen LogP contribution in [0, 0.1) is 25.7 Å². The fourth-order valence-electron chi connectivity index (χ4n) is 1.98. The van der Waals surface area contributed by atoms with Crippen molar-refractivity contribution in [2.75, 3.05) is 19.6 Å². The second-order valence-corrected chi connectivity index (χ2v) is 6.28. The van der Waals surface area contributed by atoms with E-state index in [1.807, 2.05) is 13.8 Å². The summed E-state index contributed by atoms with van der Waals surface area (Å²) in [5.41, 5.74) is 1.11. The Morgan fingerprint density at radius 2 is 2.10 bits per heavy atom. The van der Waals surface area contributed by atoms with Crippen LogP contribution in [0.3, 0.4) is 0 Å². The Labute approximate surface area is 137 Å². The van der Waals surface area contributed by atoms with Crippen molar-refractivity contribution in [2.24, 2.45) is 11.8 Å². The van der Waals surface area contributed by atoms with Gasteiger partial charge in [-0.25, -0.2) is 4.98 Å². The highest BCUT2D eigenvalue weighted by Gasteiger charge is 2.28. The first-order valence-electron chi connectivity index (χ1n) is 6.49. The van der Waals surface area contributed by atoms with Crippen LogP contribution in [-0.2, 0) is 11.2 Å². The van der Waals surface area contributed by atoms with E-state index in [0.717, 1.165) is 30.2 Å². The maximum Gasteiger partial charge on any atom is 0.223 e. The van der Waals surface area contributed by atoms with Gasteiger partial charge in [-0.1, -0.05) is 6.92 Å². The van der Waals surface area contributed by atoms with Crippen LogP contribution in [0.4, 0.5) is 0 Å². The van der Waals surface area contributed by atoms with E-state index >= 15 is 0 Å². The van der Waals surface area contributed by atoms with Crippen molar-refractivity contribution in [3.63, 3.8) is 0 Å². The summed E-state index contributed by atoms with van der Waals surface area (Å²) in [5.74, 6) is 0.798. The first-order valence-corrected chi connectivity index (χ1v) is 7.31. The molecule has 1 saturated heterocycles. The number of nitrogens with zero attached hydrogens (tertiary/aromatic N) is 1. The lowest BCUT2D eigenvalue weighted by Gasteiger charge is -2.31. The maximum atomic E-state index is 11.9. The highest BCUT2D eigenvalue weighted by atomic mass is 35.5. The second-order valence-electron chi connectivity index (χ2n) is 5.00. The molecule has 1 aromatic heterocycles. The van der Waals surface area contributed by atoms with E-state index in [1.54, 1.807) is 11.3 Å². The van der Waals surface area contributed by atoms with Crippen LogP contribution in [-0.4, -0.2) is 30.5 Å². The van der Waals surface area contributed by atoms with E-state index in [0.29, 0.717) is 12.5 Å². The van der Waals surface area contributed by atoms with Gasteiger partial charge in [0, 0.05) is 23.8 Å². The van der Waals surface area contributed by atoms with Crippen molar-refractivity contribution >= 4 is 42.1 Å². The van der Waals surface area contributed by atoms with Crippen LogP contribution < -0.4 is 10.6 Å². The molecular weight excluding hydrogens is 317 g/mol. The number of hydrogen-bond acceptors (Lipinski definition) is 4. The van der Waals surface area contributed by atoms with Gasteiger partial charge in [0.2, 0.25) is 5.91 Å². The molecule has 4 nitrogen and oxygen atoms in total. The molecule has 0 radical (unpaired) electrons. The largest absolute Gasteiger partial charge is 0.355 e. The number of aromatic nitrogens is 1. The number of aryl methyl sites for hydroxylation is 2. The molecule has 1 aliphatic heterocycles. The molecule has 0 bridgehead atoms. The predicted octanol–water partition coefficient (Wildman–Crippen LogP) is 2.12. The number of carbonyl (C=O) groups excluding carboxylic acids is 1. The maximum absolute atomic E-state index is 11.9. The van der Waals surface area contributed by atoms with Gasteiger partial charge in [0.1, 0.15) is 0 Å². The number of hydrogen-bond donors (Lipinski definition) is 2. The summed E-state index contributed by atoms with van der Waals surface area (Å²) in [7, 11) is 0. The lowest BCUT2D eigenvalue weighted by molar-refractivity contribution is -0.126. The molecule has 1 atom stereocenters. The van der Waals surface area contributed by atoms with E-state index in [2.05, 4.69) is 22.5 Å². The van der Waals surface area contributed by atoms with Gasteiger partial charge >= 0.3 is 0 Å². The van der Waals surface area contributed by atoms with Crippen LogP contribution in [0.2, 0.25) is 0 Å². The molecule has 1 unspecified atom stereocenters. The first-order chi connectivity index (χ1) is 8.58. The van der Waals surface area contributed by atoms with Gasteiger partial charge in [-0.2, -0.15) is 0 Å². The van der Waals surface area contributed by atoms with Crippen LogP contribution in [0.25, 0.3) is 0 Å². The molecule has 20 heavy (non-hydrogen) atoms. The highest BCUT2D eigenvalue weighted by molar-refractivity contribution is 7.11. The van der Waals surface area contributed by atoms with E-state index in [-0.39, 0.29) is 36.6 Å². The average molecular weight is 340 g/mol. The fraction of sp³-hybridized carbons (Fsp3) is 0.692. The predicted molar refractivity (Wildman–Crippen MR) is 88.3 cm³/mol. The summed E-state index contributed by atoms with van der Waals surface area (Å²) in [5, 5.41) is 7.32. The van der Waals surface area contributed by atoms with Crippen molar-refractivity contribution in [3.05, 3.63) is 15.6 Å². The Balaban J connectivity index is 0.00000180. The second kappa shape index (κ2) is 8.82. The number of carbonyl (C=O) groups is 1. The van der Waals surface area contributed by atoms with E-state index in [1.165, 1.54) is 4.88 Å². The average Bonchev–Trinajstić information content (AvgIpc) is 2.55. The number of amides is 1. The van der Waals surface area contributed by atoms with E-state index in [9.17, 15) is 4.79 Å². The quantitative estimate of drug-likeness (QED) is 0.863. The molecule has 116 valence electrons. The van der Waals surface area contributed by atoms with Crippen molar-refractivity contribution in [1.82, 2.24) is 15.6 Å². The number of halogens is 2. The molecule has 0 aliphatic carbocycles. The van der Waals surface area contributed by atoms with Crippen molar-refractivity contribution in [1.29, 1.82) is 0 Å². The topological polar surface area (TPSA) is 54.0 Å². The molecule has 1 aromatic rings. The van der Waals surface area contributed by atoms with Crippen LogP contribution in [0.5, 0.6) is 0 Å². The van der Waals surface area contributed by atoms with Crippen molar-refractivity contribution in [2.45, 2.75) is 27.2 Å². The Morgan fingerprint density at radius 1 is 1.45 bits per heavy atom. The number of thiazole rings is 1. The smallest absolute Gasteiger partial charge is 0.223 e. The van der Waals surface area contributed by atoms with Gasteiger partial charge in [0.05, 0.1) is 10.7 Å². The summed E-state index contributed by atoms with van der Waals surface area (Å²) >= 11 is 1.72. The van der Waals surface area contributed by atoms with Gasteiger partial charge < -0.3 is 10.6 Å². The van der Waals surface area contributed by atoms with Crippen LogP contribution in [0.15, 0.2) is 0 Å². The Morgan fingerprint density at radius 3 is 2.55 bits per heavy atom. The Bertz CT molecular complexity index is 416. The first kappa shape index (κ1) is 19.6. The summed E-state index contributed by atoms with van der Waals surface area (Å²) in [6.45, 7) is 8.76. The third-order valence-electron chi connectivity index (χ3n) is 3.64. The molecule has 2 rings (SSSR count). The number of rotatable bonds is 5. The zero-order valence-corrected chi connectivity index (χ0v) is 14.5. The third kappa shape index (κ3) is 4.88. The molecule has 7 heteroatoms. The summed E-state index contributed by atoms with van der Waals surface area (Å²) < 4.78 is 0. The minimum atomic E-state index is 0. The van der Waals surface area contributed by atoms with E-state index < -0.39 is 0 Å². The molecule has 1 fully saturated rings. The number of nitrogens with one attached hydrogen (secondary N) is 2. The minimum absolute atomic E-state index is 0. The third-order valence-corrected chi connectivity index (χ3v) is 4.78. The van der Waals surface area contributed by atoms with Crippen molar-refractivity contribution < 1.29 is 4.79 Å². The van der Waals surface area contributed by atoms with Gasteiger partial charge in [-0.05, 0) is 32.9 Å². The van der Waals surface area contributed by atoms with Gasteiger partial charge in [-0.15, -0.1) is 36.2 Å². The summed E-state index contributed by atoms with van der Waals surface area (Å²) in [6.07, 6.45) is 0.834. The molecule has 1 aliphatic rings. The van der Waals surface area contributed by atoms with Gasteiger partial charge in [0.15, 0.2) is 0 Å². The standard InChI is InChI=1S/C13H21N3OS.2ClH/c1-8(11-6-14-7-11)13(17)15-5-4-12-16-9(2)10(3)18-12;;/h8,11,14H,4-7H2,1-3H3,(H,15,17);2*1H. The molecule has 2 heterocycles. The summed E-state index contributed by atoms with van der Waals surface area (Å²) in [4.78, 5) is 17.6. The molecule has 1 amide bonds. The lowest BCUT2D eigenvalue weighted by Crippen LogP contribution is -2.49. The zero-order valence-electron chi connectivity index (χ0n) is 12.1. The SMILES string of the molecule is Cc1nc(CCNC(=O)C(C)C2CNC2)sc1C.Cl.Cl. The monoisotopic (exact) mass is 339 g/mol. The minimum Gasteiger partial charge on any atom is -0.355 e. The Kier molecular flexibility index (Phi) is 8.66. The molecule has 2 N–H and O–H groups in total. The van der Waals surface area contributed by atoms with Gasteiger partial charge in [-0.3, -0.25) is 4.79 Å². The van der Waals surface area contributed by atoms with Crippen LogP contribution in [0.1, 0.15) is 22.5 Å². The molecule has 0 spiro atoms. The molecule has 0 saturated carbocycles. The Hall–Kier alpha value is -0.360. The van der Waals surface area contributed by atoms with E-state index in [4.69, 9.17) is 0 Å². The van der Waals surface area contributed by atoms with Gasteiger partial charge in [0.25, 0.3) is 0 Å². The fourth-order valence-corrected chi connectivity index (χ4v) is 2.91. The highest BCUT2D eigenvalue weighted by Crippen LogP contribution is 2.17. The molecular formula is C13H23Cl2N3OS. The normalized spacial score (nSPS) is 15.6. The molecule has 0 aromatic carbocycles. The van der Waals surface area contributed by atoms with Crippen LogP contribution >= 0.6 is 36.2 Å². The zero-order chi connectivity index (χ0) is 13.1. The summed E-state index contributed by atoms with van der Waals surface area (Å²) in [6, 6.07) is 0. The lowest BCUT2D eigenvalue weighted by atomic mass is 9.88. The van der Waals surface area contributed by atoms with Crippen molar-refractivity contribution in [3.8, 4) is 0 Å².